The number of hydrogen-bond donors (Lipinski definition) is 2. The first kappa shape index (κ1) is 49.6. The number of phenols is 1. The Bertz CT molecular complexity index is 2340. The lowest BCUT2D eigenvalue weighted by atomic mass is 9.51. The molecule has 3 fully saturated rings. The van der Waals surface area contributed by atoms with Crippen LogP contribution < -0.4 is 14.8 Å². The molecule has 0 aromatic heterocycles. The molecule has 1 aromatic carbocycles. The van der Waals surface area contributed by atoms with Crippen molar-refractivity contribution in [1.29, 1.82) is 0 Å². The minimum atomic E-state index is -1.61. The molecule has 2 saturated heterocycles. The monoisotopic (exact) mass is 922 g/mol. The predicted octanol–water partition coefficient (Wildman–Crippen LogP) is 9.78. The second-order valence-corrected chi connectivity index (χ2v) is 20.7. The Morgan fingerprint density at radius 1 is 0.851 bits per heavy atom. The van der Waals surface area contributed by atoms with Crippen LogP contribution in [-0.2, 0) is 40.0 Å². The highest BCUT2D eigenvalue weighted by Crippen LogP contribution is 2.68. The Morgan fingerprint density at radius 2 is 1.49 bits per heavy atom. The SMILES string of the molecule is CC(C)=CCCC1(C)C=Cc2c(O)c3c(c(CC=C(C)C)c2O1)OC12C(=CC4CC1C(C)(C)OC2(C/C=C(/C)C(=O)NCCCCCCCCCCCC(=O)ON1C(=O)CCC1=O)C4=O)C3=O. The number of hydrogen-bond acceptors (Lipinski definition) is 11. The summed E-state index contributed by atoms with van der Waals surface area (Å²) in [6.07, 6.45) is 22.6. The molecule has 3 aliphatic carbocycles. The molecule has 4 bridgehead atoms. The molecule has 1 saturated carbocycles. The maximum absolute atomic E-state index is 15.1. The topological polar surface area (TPSA) is 175 Å². The number of unbranched alkanes of at least 4 members (excludes halogenated alkanes) is 8. The minimum absolute atomic E-state index is 0.0219. The average Bonchev–Trinajstić information content (AvgIpc) is 3.66. The highest BCUT2D eigenvalue weighted by molar-refractivity contribution is 6.19. The lowest BCUT2D eigenvalue weighted by Crippen LogP contribution is -2.72. The lowest BCUT2D eigenvalue weighted by Gasteiger charge is -2.56. The number of fused-ring (bicyclic) bond motifs is 2. The summed E-state index contributed by atoms with van der Waals surface area (Å²) in [5, 5.41) is 15.6. The highest BCUT2D eigenvalue weighted by Gasteiger charge is 2.81. The van der Waals surface area contributed by atoms with Crippen LogP contribution in [0.25, 0.3) is 6.08 Å². The summed E-state index contributed by atoms with van der Waals surface area (Å²) in [4.78, 5) is 83.5. The summed E-state index contributed by atoms with van der Waals surface area (Å²) in [6.45, 7) is 16.3. The Kier molecular flexibility index (Phi) is 14.6. The van der Waals surface area contributed by atoms with E-state index in [0.29, 0.717) is 65.3 Å². The summed E-state index contributed by atoms with van der Waals surface area (Å²) < 4.78 is 21.1. The van der Waals surface area contributed by atoms with Gasteiger partial charge in [0.25, 0.3) is 11.8 Å². The number of ketones is 2. The number of Topliss-reactive ketones (excluding diaryl/α,β-unsaturated/α-hetero) is 2. The van der Waals surface area contributed by atoms with Gasteiger partial charge in [0.1, 0.15) is 28.4 Å². The van der Waals surface area contributed by atoms with E-state index in [1.54, 1.807) is 19.1 Å². The van der Waals surface area contributed by atoms with E-state index >= 15 is 4.79 Å². The van der Waals surface area contributed by atoms with Gasteiger partial charge in [-0.25, -0.2) is 4.79 Å². The van der Waals surface area contributed by atoms with Crippen molar-refractivity contribution in [3.8, 4) is 17.2 Å². The van der Waals surface area contributed by atoms with Gasteiger partial charge in [0, 0.05) is 60.8 Å². The number of nitrogens with one attached hydrogen (secondary N) is 1. The molecule has 13 nitrogen and oxygen atoms in total. The second-order valence-electron chi connectivity index (χ2n) is 20.7. The fourth-order valence-electron chi connectivity index (χ4n) is 11.0. The van der Waals surface area contributed by atoms with Crippen LogP contribution in [0.4, 0.5) is 0 Å². The number of ether oxygens (including phenoxy) is 3. The van der Waals surface area contributed by atoms with Crippen LogP contribution in [-0.4, -0.2) is 74.4 Å². The Morgan fingerprint density at radius 3 is 2.15 bits per heavy atom. The van der Waals surface area contributed by atoms with Gasteiger partial charge in [-0.05, 0) is 106 Å². The highest BCUT2D eigenvalue weighted by atomic mass is 16.7. The number of amides is 3. The van der Waals surface area contributed by atoms with Crippen LogP contribution in [0.15, 0.2) is 52.7 Å². The number of carbonyl (C=O) groups is 6. The molecule has 2 N–H and O–H groups in total. The van der Waals surface area contributed by atoms with E-state index in [4.69, 9.17) is 19.0 Å². The average molecular weight is 923 g/mol. The summed E-state index contributed by atoms with van der Waals surface area (Å²) in [6, 6.07) is 0. The second kappa shape index (κ2) is 19.7. The molecule has 1 spiro atoms. The number of carbonyl (C=O) groups excluding carboxylic acids is 6. The number of allylic oxidation sites excluding steroid dienone is 5. The molecule has 13 heteroatoms. The maximum atomic E-state index is 15.1. The summed E-state index contributed by atoms with van der Waals surface area (Å²) >= 11 is 0. The van der Waals surface area contributed by atoms with Gasteiger partial charge in [-0.3, -0.25) is 24.0 Å². The normalized spacial score (nSPS) is 26.3. The van der Waals surface area contributed by atoms with Crippen molar-refractivity contribution in [1.82, 2.24) is 10.4 Å². The van der Waals surface area contributed by atoms with Gasteiger partial charge in [0.05, 0.1) is 11.2 Å². The van der Waals surface area contributed by atoms with E-state index in [2.05, 4.69) is 25.2 Å². The first-order valence-electron chi connectivity index (χ1n) is 24.5. The van der Waals surface area contributed by atoms with E-state index in [1.165, 1.54) is 5.57 Å². The van der Waals surface area contributed by atoms with Gasteiger partial charge >= 0.3 is 5.97 Å². The van der Waals surface area contributed by atoms with Gasteiger partial charge in [0.2, 0.25) is 5.91 Å². The van der Waals surface area contributed by atoms with Crippen LogP contribution in [0, 0.1) is 11.8 Å². The first-order valence-corrected chi connectivity index (χ1v) is 24.5. The van der Waals surface area contributed by atoms with Crippen molar-refractivity contribution in [3.05, 3.63) is 69.4 Å². The van der Waals surface area contributed by atoms with Crippen molar-refractivity contribution in [2.24, 2.45) is 11.8 Å². The van der Waals surface area contributed by atoms with E-state index in [-0.39, 0.29) is 66.1 Å². The zero-order valence-electron chi connectivity index (χ0n) is 40.8. The molecular formula is C54H70N2O11. The molecule has 362 valence electrons. The van der Waals surface area contributed by atoms with Gasteiger partial charge in [-0.2, -0.15) is 0 Å². The molecule has 7 aliphatic rings. The number of benzene rings is 1. The van der Waals surface area contributed by atoms with Gasteiger partial charge < -0.3 is 29.5 Å². The van der Waals surface area contributed by atoms with Crippen LogP contribution in [0.2, 0.25) is 0 Å². The van der Waals surface area contributed by atoms with Crippen molar-refractivity contribution in [2.45, 2.75) is 187 Å². The number of phenolic OH excluding ortho intramolecular Hbond substituents is 1. The van der Waals surface area contributed by atoms with E-state index in [9.17, 15) is 29.1 Å². The van der Waals surface area contributed by atoms with Gasteiger partial charge in [-0.1, -0.05) is 80.4 Å². The fraction of sp³-hybridized carbons (Fsp3) is 0.593. The summed E-state index contributed by atoms with van der Waals surface area (Å²) in [5.74, 6) is -2.80. The lowest BCUT2D eigenvalue weighted by molar-refractivity contribution is -0.197. The van der Waals surface area contributed by atoms with Crippen LogP contribution >= 0.6 is 0 Å². The van der Waals surface area contributed by atoms with Crippen molar-refractivity contribution >= 4 is 41.3 Å². The molecule has 5 atom stereocenters. The Balaban J connectivity index is 0.993. The Hall–Kier alpha value is -5.30. The zero-order chi connectivity index (χ0) is 48.5. The summed E-state index contributed by atoms with van der Waals surface area (Å²) in [5.41, 5.74) is -0.517. The standard InChI is InChI=1S/C54H70N2O11/c1-33(2)19-18-27-52(8)28-26-37-45(60)44-46(61)39-31-36-32-40-51(6,7)67-53(49(36)62,54(39,40)65-48(44)38(47(37)64-52)22-21-34(3)4)29-25-35(5)50(63)55-30-17-15-13-11-9-10-12-14-16-20-43(59)66-56-41(57)23-24-42(56)58/h19,21,25-26,28,31,36,40,60H,9-18,20,22-24,27,29-30,32H2,1-8H3,(H,55,63)/b35-25-. The molecule has 5 unspecified atom stereocenters. The van der Waals surface area contributed by atoms with Crippen LogP contribution in [0.3, 0.4) is 0 Å². The van der Waals surface area contributed by atoms with Crippen LogP contribution in [0.1, 0.15) is 180 Å². The molecule has 1 aromatic rings. The third-order valence-corrected chi connectivity index (χ3v) is 14.5. The van der Waals surface area contributed by atoms with E-state index < -0.39 is 46.1 Å². The van der Waals surface area contributed by atoms with Crippen molar-refractivity contribution < 1.29 is 52.9 Å². The number of aromatic hydroxyl groups is 1. The van der Waals surface area contributed by atoms with Crippen molar-refractivity contribution in [3.63, 3.8) is 0 Å². The molecule has 4 aliphatic heterocycles. The molecule has 67 heavy (non-hydrogen) atoms. The summed E-state index contributed by atoms with van der Waals surface area (Å²) in [7, 11) is 0. The third-order valence-electron chi connectivity index (χ3n) is 14.5. The molecule has 8 rings (SSSR count). The number of imide groups is 1. The quantitative estimate of drug-likeness (QED) is 0.0520. The minimum Gasteiger partial charge on any atom is -0.506 e. The maximum Gasteiger partial charge on any atom is 0.333 e. The van der Waals surface area contributed by atoms with E-state index in [0.717, 1.165) is 63.4 Å². The van der Waals surface area contributed by atoms with Gasteiger partial charge in [0.15, 0.2) is 22.8 Å². The largest absolute Gasteiger partial charge is 0.506 e. The number of hydroxylamine groups is 2. The first-order chi connectivity index (χ1) is 31.7. The molecule has 4 heterocycles. The Labute approximate surface area is 395 Å². The van der Waals surface area contributed by atoms with E-state index in [1.807, 2.05) is 52.8 Å². The smallest absolute Gasteiger partial charge is 0.333 e. The molecule has 0 radical (unpaired) electrons. The third kappa shape index (κ3) is 9.59. The fourth-order valence-corrected chi connectivity index (χ4v) is 11.0. The molecular weight excluding hydrogens is 853 g/mol. The van der Waals surface area contributed by atoms with Crippen LogP contribution in [0.5, 0.6) is 17.2 Å². The predicted molar refractivity (Wildman–Crippen MR) is 253 cm³/mol. The van der Waals surface area contributed by atoms with Crippen molar-refractivity contribution in [2.75, 3.05) is 6.54 Å². The zero-order valence-corrected chi connectivity index (χ0v) is 40.8. The number of rotatable bonds is 21. The number of nitrogens with zero attached hydrogens (tertiary/aromatic N) is 1. The molecule has 3 amide bonds. The van der Waals surface area contributed by atoms with Gasteiger partial charge in [-0.15, -0.1) is 5.06 Å².